The number of pyridine rings is 1. The number of hydrogen-bond acceptors (Lipinski definition) is 3. The van der Waals surface area contributed by atoms with Crippen molar-refractivity contribution >= 4 is 5.69 Å². The van der Waals surface area contributed by atoms with Crippen molar-refractivity contribution in [2.75, 3.05) is 5.32 Å². The van der Waals surface area contributed by atoms with E-state index in [-0.39, 0.29) is 18.0 Å². The first-order valence-electron chi connectivity index (χ1n) is 7.23. The highest BCUT2D eigenvalue weighted by atomic mass is 19.1. The topological polar surface area (TPSA) is 34.1 Å². The number of nitrogens with one attached hydrogen (secondary N) is 1. The maximum absolute atomic E-state index is 12.9. The van der Waals surface area contributed by atoms with Gasteiger partial charge in [0.25, 0.3) is 0 Å². The Morgan fingerprint density at radius 1 is 1.24 bits per heavy atom. The molecule has 0 aliphatic rings. The predicted molar refractivity (Wildman–Crippen MR) is 83.1 cm³/mol. The Morgan fingerprint density at radius 3 is 2.71 bits per heavy atom. The van der Waals surface area contributed by atoms with Crippen LogP contribution in [0.2, 0.25) is 0 Å². The quantitative estimate of drug-likeness (QED) is 0.845. The van der Waals surface area contributed by atoms with E-state index in [2.05, 4.69) is 17.2 Å². The Hall–Kier alpha value is -2.10. The molecule has 0 saturated carbocycles. The maximum atomic E-state index is 12.9. The van der Waals surface area contributed by atoms with E-state index in [0.29, 0.717) is 0 Å². The lowest BCUT2D eigenvalue weighted by atomic mass is 10.2. The molecule has 112 valence electrons. The molecule has 0 aliphatic carbocycles. The highest BCUT2D eigenvalue weighted by Crippen LogP contribution is 2.23. The van der Waals surface area contributed by atoms with Crippen LogP contribution in [0.15, 0.2) is 42.6 Å². The van der Waals surface area contributed by atoms with Crippen molar-refractivity contribution in [2.24, 2.45) is 0 Å². The molecule has 0 amide bonds. The summed E-state index contributed by atoms with van der Waals surface area (Å²) in [6.45, 7) is 6.13. The van der Waals surface area contributed by atoms with Crippen molar-refractivity contribution in [1.29, 1.82) is 0 Å². The molecular formula is C17H21FN2O. The number of anilines is 1. The van der Waals surface area contributed by atoms with Crippen LogP contribution in [0.5, 0.6) is 5.75 Å². The smallest absolute Gasteiger partial charge is 0.141 e. The summed E-state index contributed by atoms with van der Waals surface area (Å²) in [5.74, 6) is 0.517. The lowest BCUT2D eigenvalue weighted by Crippen LogP contribution is -2.11. The van der Waals surface area contributed by atoms with Crippen LogP contribution in [0, 0.1) is 5.82 Å². The van der Waals surface area contributed by atoms with Crippen molar-refractivity contribution < 1.29 is 9.13 Å². The number of halogens is 1. The van der Waals surface area contributed by atoms with Gasteiger partial charge in [-0.05, 0) is 44.5 Å². The lowest BCUT2D eigenvalue weighted by Gasteiger charge is -2.17. The molecule has 0 fully saturated rings. The minimum absolute atomic E-state index is 0.00977. The summed E-state index contributed by atoms with van der Waals surface area (Å²) < 4.78 is 18.7. The van der Waals surface area contributed by atoms with Gasteiger partial charge in [-0.25, -0.2) is 4.39 Å². The van der Waals surface area contributed by atoms with E-state index in [1.807, 2.05) is 38.1 Å². The first kappa shape index (κ1) is 15.3. The molecular weight excluding hydrogens is 267 g/mol. The first-order valence-corrected chi connectivity index (χ1v) is 7.23. The third-order valence-corrected chi connectivity index (χ3v) is 3.32. The summed E-state index contributed by atoms with van der Waals surface area (Å²) in [5, 5.41) is 3.34. The molecule has 0 aliphatic heterocycles. The summed E-state index contributed by atoms with van der Waals surface area (Å²) in [6.07, 6.45) is 2.39. The van der Waals surface area contributed by atoms with E-state index in [1.54, 1.807) is 6.07 Å². The van der Waals surface area contributed by atoms with Gasteiger partial charge in [0.15, 0.2) is 0 Å². The van der Waals surface area contributed by atoms with Gasteiger partial charge in [-0.2, -0.15) is 0 Å². The Labute approximate surface area is 125 Å². The maximum Gasteiger partial charge on any atom is 0.141 e. The van der Waals surface area contributed by atoms with E-state index in [0.717, 1.165) is 23.6 Å². The molecule has 0 bridgehead atoms. The van der Waals surface area contributed by atoms with Gasteiger partial charge >= 0.3 is 0 Å². The van der Waals surface area contributed by atoms with Crippen LogP contribution in [0.4, 0.5) is 10.1 Å². The van der Waals surface area contributed by atoms with E-state index >= 15 is 0 Å². The largest absolute Gasteiger partial charge is 0.491 e. The Bertz CT molecular complexity index is 571. The second kappa shape index (κ2) is 7.07. The fraction of sp³-hybridized carbons (Fsp3) is 0.353. The molecule has 0 radical (unpaired) electrons. The summed E-state index contributed by atoms with van der Waals surface area (Å²) in [4.78, 5) is 4.09. The molecule has 1 heterocycles. The molecule has 0 spiro atoms. The van der Waals surface area contributed by atoms with Crippen molar-refractivity contribution in [1.82, 2.24) is 4.98 Å². The number of hydrogen-bond donors (Lipinski definition) is 1. The third kappa shape index (κ3) is 4.45. The van der Waals surface area contributed by atoms with Crippen LogP contribution >= 0.6 is 0 Å². The molecule has 4 heteroatoms. The van der Waals surface area contributed by atoms with Crippen molar-refractivity contribution in [3.05, 3.63) is 54.1 Å². The van der Waals surface area contributed by atoms with Gasteiger partial charge in [0.1, 0.15) is 11.6 Å². The number of nitrogens with zero attached hydrogens (tertiary/aromatic N) is 1. The number of ether oxygens (including phenoxy) is 1. The van der Waals surface area contributed by atoms with Crippen molar-refractivity contribution in [3.63, 3.8) is 0 Å². The first-order chi connectivity index (χ1) is 10.1. The number of rotatable bonds is 6. The van der Waals surface area contributed by atoms with Gasteiger partial charge in [-0.3, -0.25) is 4.98 Å². The fourth-order valence-corrected chi connectivity index (χ4v) is 1.94. The molecule has 2 atom stereocenters. The Balaban J connectivity index is 2.05. The van der Waals surface area contributed by atoms with E-state index in [1.165, 1.54) is 12.3 Å². The summed E-state index contributed by atoms with van der Waals surface area (Å²) in [5.41, 5.74) is 1.75. The average Bonchev–Trinajstić information content (AvgIpc) is 2.48. The zero-order valence-electron chi connectivity index (χ0n) is 12.6. The molecule has 21 heavy (non-hydrogen) atoms. The van der Waals surface area contributed by atoms with Gasteiger partial charge < -0.3 is 10.1 Å². The third-order valence-electron chi connectivity index (χ3n) is 3.32. The zero-order valence-corrected chi connectivity index (χ0v) is 12.6. The van der Waals surface area contributed by atoms with Crippen LogP contribution in [0.25, 0.3) is 0 Å². The van der Waals surface area contributed by atoms with Gasteiger partial charge in [0.05, 0.1) is 24.0 Å². The molecule has 2 aromatic rings. The lowest BCUT2D eigenvalue weighted by molar-refractivity contribution is 0.217. The van der Waals surface area contributed by atoms with Gasteiger partial charge in [0.2, 0.25) is 0 Å². The zero-order chi connectivity index (χ0) is 15.2. The fourth-order valence-electron chi connectivity index (χ4n) is 1.94. The van der Waals surface area contributed by atoms with Crippen LogP contribution in [0.3, 0.4) is 0 Å². The molecule has 2 rings (SSSR count). The molecule has 2 unspecified atom stereocenters. The van der Waals surface area contributed by atoms with Crippen molar-refractivity contribution in [2.45, 2.75) is 39.3 Å². The van der Waals surface area contributed by atoms with E-state index in [9.17, 15) is 4.39 Å². The van der Waals surface area contributed by atoms with Crippen molar-refractivity contribution in [3.8, 4) is 5.75 Å². The SMILES string of the molecule is CCC(C)Oc1cccc(NC(C)c2ccc(F)cn2)c1. The monoisotopic (exact) mass is 288 g/mol. The minimum Gasteiger partial charge on any atom is -0.491 e. The summed E-state index contributed by atoms with van der Waals surface area (Å²) in [6, 6.07) is 10.9. The predicted octanol–water partition coefficient (Wildman–Crippen LogP) is 4.57. The normalized spacial score (nSPS) is 13.5. The second-order valence-corrected chi connectivity index (χ2v) is 5.13. The molecule has 1 aromatic heterocycles. The van der Waals surface area contributed by atoms with Crippen LogP contribution in [-0.2, 0) is 0 Å². The molecule has 3 nitrogen and oxygen atoms in total. The Morgan fingerprint density at radius 2 is 2.05 bits per heavy atom. The van der Waals surface area contributed by atoms with E-state index in [4.69, 9.17) is 4.74 Å². The number of aromatic nitrogens is 1. The van der Waals surface area contributed by atoms with Gasteiger partial charge in [-0.1, -0.05) is 13.0 Å². The molecule has 1 aromatic carbocycles. The van der Waals surface area contributed by atoms with Gasteiger partial charge in [-0.15, -0.1) is 0 Å². The highest BCUT2D eigenvalue weighted by Gasteiger charge is 2.08. The van der Waals surface area contributed by atoms with Gasteiger partial charge in [0, 0.05) is 11.8 Å². The molecule has 0 saturated heterocycles. The average molecular weight is 288 g/mol. The minimum atomic E-state index is -0.324. The van der Waals surface area contributed by atoms with E-state index < -0.39 is 0 Å². The van der Waals surface area contributed by atoms with Crippen LogP contribution < -0.4 is 10.1 Å². The standard InChI is InChI=1S/C17H21FN2O/c1-4-12(2)21-16-7-5-6-15(10-16)20-13(3)17-9-8-14(18)11-19-17/h5-13,20H,4H2,1-3H3. The molecule has 1 N–H and O–H groups in total. The Kier molecular flexibility index (Phi) is 5.14. The summed E-state index contributed by atoms with van der Waals surface area (Å²) >= 11 is 0. The second-order valence-electron chi connectivity index (χ2n) is 5.13. The number of benzene rings is 1. The highest BCUT2D eigenvalue weighted by molar-refractivity contribution is 5.49. The summed E-state index contributed by atoms with van der Waals surface area (Å²) in [7, 11) is 0. The van der Waals surface area contributed by atoms with Crippen LogP contribution in [-0.4, -0.2) is 11.1 Å². The van der Waals surface area contributed by atoms with Crippen LogP contribution in [0.1, 0.15) is 38.9 Å².